The van der Waals surface area contributed by atoms with Crippen LogP contribution in [0, 0.1) is 0 Å². The van der Waals surface area contributed by atoms with Crippen molar-refractivity contribution in [3.8, 4) is 0 Å². The molecule has 1 rings (SSSR count). The Morgan fingerprint density at radius 2 is 1.94 bits per heavy atom. The summed E-state index contributed by atoms with van der Waals surface area (Å²) in [6.07, 6.45) is 0.525. The number of aliphatic hydroxyl groups excluding tert-OH is 1. The monoisotopic (exact) mass is 270 g/mol. The summed E-state index contributed by atoms with van der Waals surface area (Å²) in [7, 11) is 0. The molecule has 0 aromatic heterocycles. The van der Waals surface area contributed by atoms with E-state index in [0.29, 0.717) is 12.0 Å². The van der Waals surface area contributed by atoms with Crippen LogP contribution in [0.2, 0.25) is 0 Å². The minimum atomic E-state index is -1.58. The largest absolute Gasteiger partial charge is 0.481 e. The second kappa shape index (κ2) is 6.42. The molecule has 0 fully saturated rings. The average Bonchev–Trinajstić information content (AvgIpc) is 2.34. The summed E-state index contributed by atoms with van der Waals surface area (Å²) in [4.78, 5) is 22.0. The highest BCUT2D eigenvalue weighted by Crippen LogP contribution is 2.24. The van der Waals surface area contributed by atoms with Gasteiger partial charge < -0.3 is 15.3 Å². The number of aliphatic carboxylic acids is 2. The fourth-order valence-electron chi connectivity index (χ4n) is 1.50. The highest BCUT2D eigenvalue weighted by atomic mass is 32.2. The molecular formula is C12H14O5S. The number of carboxylic acid groups (broad SMARTS) is 2. The van der Waals surface area contributed by atoms with Crippen LogP contribution in [0.15, 0.2) is 23.1 Å². The Hall–Kier alpha value is -1.53. The number of aryl methyl sites for hydroxylation is 1. The lowest BCUT2D eigenvalue weighted by atomic mass is 10.0. The predicted octanol–water partition coefficient (Wildman–Crippen LogP) is 1.54. The van der Waals surface area contributed by atoms with Gasteiger partial charge in [0.15, 0.2) is 6.10 Å². The summed E-state index contributed by atoms with van der Waals surface area (Å²) in [5, 5.41) is 26.9. The molecule has 0 aliphatic rings. The van der Waals surface area contributed by atoms with E-state index in [9.17, 15) is 14.7 Å². The SMILES string of the molecule is CSc1cc(CCC(=O)O)cc(C(O)C(=O)O)c1. The van der Waals surface area contributed by atoms with Crippen LogP contribution in [-0.4, -0.2) is 33.5 Å². The summed E-state index contributed by atoms with van der Waals surface area (Å²) in [6, 6.07) is 4.92. The molecule has 98 valence electrons. The number of aliphatic hydroxyl groups is 1. The summed E-state index contributed by atoms with van der Waals surface area (Å²) >= 11 is 1.41. The van der Waals surface area contributed by atoms with Crippen LogP contribution in [-0.2, 0) is 16.0 Å². The van der Waals surface area contributed by atoms with Gasteiger partial charge in [-0.25, -0.2) is 4.79 Å². The highest BCUT2D eigenvalue weighted by molar-refractivity contribution is 7.98. The Labute approximate surface area is 108 Å². The molecule has 3 N–H and O–H groups in total. The van der Waals surface area contributed by atoms with Gasteiger partial charge in [-0.05, 0) is 35.9 Å². The van der Waals surface area contributed by atoms with E-state index in [1.165, 1.54) is 17.8 Å². The molecule has 1 unspecified atom stereocenters. The van der Waals surface area contributed by atoms with Crippen LogP contribution in [0.25, 0.3) is 0 Å². The van der Waals surface area contributed by atoms with E-state index < -0.39 is 18.0 Å². The van der Waals surface area contributed by atoms with Gasteiger partial charge in [-0.15, -0.1) is 11.8 Å². The van der Waals surface area contributed by atoms with Crippen LogP contribution in [0.5, 0.6) is 0 Å². The van der Waals surface area contributed by atoms with Crippen molar-refractivity contribution in [2.75, 3.05) is 6.26 Å². The van der Waals surface area contributed by atoms with E-state index in [4.69, 9.17) is 10.2 Å². The van der Waals surface area contributed by atoms with E-state index in [-0.39, 0.29) is 12.0 Å². The molecule has 0 heterocycles. The molecule has 1 atom stereocenters. The summed E-state index contributed by atoms with van der Waals surface area (Å²) in [5.41, 5.74) is 0.981. The predicted molar refractivity (Wildman–Crippen MR) is 66.8 cm³/mol. The number of carbonyl (C=O) groups is 2. The highest BCUT2D eigenvalue weighted by Gasteiger charge is 2.17. The van der Waals surface area contributed by atoms with E-state index in [1.807, 2.05) is 6.26 Å². The second-order valence-electron chi connectivity index (χ2n) is 3.75. The van der Waals surface area contributed by atoms with Gasteiger partial charge in [-0.1, -0.05) is 6.07 Å². The first-order valence-electron chi connectivity index (χ1n) is 5.24. The summed E-state index contributed by atoms with van der Waals surface area (Å²) < 4.78 is 0. The fourth-order valence-corrected chi connectivity index (χ4v) is 2.02. The molecule has 1 aromatic rings. The Bertz CT molecular complexity index is 458. The van der Waals surface area contributed by atoms with Crippen molar-refractivity contribution in [1.29, 1.82) is 0 Å². The molecule has 0 aliphatic carbocycles. The summed E-state index contributed by atoms with van der Waals surface area (Å²) in [6.45, 7) is 0. The quantitative estimate of drug-likeness (QED) is 0.679. The maximum Gasteiger partial charge on any atom is 0.337 e. The molecule has 0 aliphatic heterocycles. The zero-order chi connectivity index (χ0) is 13.7. The number of carboxylic acids is 2. The maximum absolute atomic E-state index is 10.7. The molecule has 0 bridgehead atoms. The lowest BCUT2D eigenvalue weighted by Gasteiger charge is -2.10. The van der Waals surface area contributed by atoms with E-state index in [2.05, 4.69) is 0 Å². The lowest BCUT2D eigenvalue weighted by Crippen LogP contribution is -2.11. The Morgan fingerprint density at radius 3 is 2.44 bits per heavy atom. The Morgan fingerprint density at radius 1 is 1.28 bits per heavy atom. The van der Waals surface area contributed by atoms with Crippen molar-refractivity contribution in [2.24, 2.45) is 0 Å². The molecule has 18 heavy (non-hydrogen) atoms. The standard InChI is InChI=1S/C12H14O5S/c1-18-9-5-7(2-3-10(13)14)4-8(6-9)11(15)12(16)17/h4-6,11,15H,2-3H2,1H3,(H,13,14)(H,16,17). The normalized spacial score (nSPS) is 12.1. The van der Waals surface area contributed by atoms with Crippen molar-refractivity contribution in [2.45, 2.75) is 23.8 Å². The third-order valence-electron chi connectivity index (χ3n) is 2.40. The fraction of sp³-hybridized carbons (Fsp3) is 0.333. The molecule has 0 saturated carbocycles. The van der Waals surface area contributed by atoms with E-state index >= 15 is 0 Å². The summed E-state index contributed by atoms with van der Waals surface area (Å²) in [5.74, 6) is -2.23. The molecule has 0 amide bonds. The molecule has 1 aromatic carbocycles. The molecule has 0 spiro atoms. The van der Waals surface area contributed by atoms with Gasteiger partial charge in [-0.2, -0.15) is 0 Å². The smallest absolute Gasteiger partial charge is 0.337 e. The van der Waals surface area contributed by atoms with Gasteiger partial charge in [0.05, 0.1) is 0 Å². The molecule has 0 saturated heterocycles. The number of hydrogen-bond acceptors (Lipinski definition) is 4. The molecule has 0 radical (unpaired) electrons. The number of thioether (sulfide) groups is 1. The lowest BCUT2D eigenvalue weighted by molar-refractivity contribution is -0.147. The zero-order valence-corrected chi connectivity index (χ0v) is 10.6. The van der Waals surface area contributed by atoms with E-state index in [0.717, 1.165) is 4.90 Å². The van der Waals surface area contributed by atoms with Crippen molar-refractivity contribution in [1.82, 2.24) is 0 Å². The van der Waals surface area contributed by atoms with Gasteiger partial charge in [0.1, 0.15) is 0 Å². The minimum Gasteiger partial charge on any atom is -0.481 e. The van der Waals surface area contributed by atoms with Crippen LogP contribution < -0.4 is 0 Å². The van der Waals surface area contributed by atoms with Crippen LogP contribution in [0.1, 0.15) is 23.7 Å². The van der Waals surface area contributed by atoms with Crippen molar-refractivity contribution >= 4 is 23.7 Å². The van der Waals surface area contributed by atoms with Crippen LogP contribution in [0.4, 0.5) is 0 Å². The second-order valence-corrected chi connectivity index (χ2v) is 4.63. The topological polar surface area (TPSA) is 94.8 Å². The first-order valence-corrected chi connectivity index (χ1v) is 6.47. The third-order valence-corrected chi connectivity index (χ3v) is 3.11. The number of benzene rings is 1. The minimum absolute atomic E-state index is 0.0273. The Kier molecular flexibility index (Phi) is 5.18. The van der Waals surface area contributed by atoms with Gasteiger partial charge in [0.2, 0.25) is 0 Å². The van der Waals surface area contributed by atoms with Crippen molar-refractivity contribution in [3.05, 3.63) is 29.3 Å². The number of hydrogen-bond donors (Lipinski definition) is 3. The molecule has 5 nitrogen and oxygen atoms in total. The molecular weight excluding hydrogens is 256 g/mol. The van der Waals surface area contributed by atoms with Gasteiger partial charge in [0.25, 0.3) is 0 Å². The van der Waals surface area contributed by atoms with Gasteiger partial charge in [-0.3, -0.25) is 4.79 Å². The van der Waals surface area contributed by atoms with Crippen LogP contribution >= 0.6 is 11.8 Å². The average molecular weight is 270 g/mol. The van der Waals surface area contributed by atoms with Crippen molar-refractivity contribution in [3.63, 3.8) is 0 Å². The number of rotatable bonds is 6. The van der Waals surface area contributed by atoms with Gasteiger partial charge >= 0.3 is 11.9 Å². The first-order chi connectivity index (χ1) is 8.43. The zero-order valence-electron chi connectivity index (χ0n) is 9.79. The van der Waals surface area contributed by atoms with Crippen molar-refractivity contribution < 1.29 is 24.9 Å². The first kappa shape index (κ1) is 14.5. The van der Waals surface area contributed by atoms with Gasteiger partial charge in [0, 0.05) is 11.3 Å². The molecule has 6 heteroatoms. The van der Waals surface area contributed by atoms with Crippen LogP contribution in [0.3, 0.4) is 0 Å². The van der Waals surface area contributed by atoms with E-state index in [1.54, 1.807) is 12.1 Å². The third kappa shape index (κ3) is 4.05. The Balaban J connectivity index is 3.01. The maximum atomic E-state index is 10.7.